The highest BCUT2D eigenvalue weighted by atomic mass is 16.3. The lowest BCUT2D eigenvalue weighted by Crippen LogP contribution is -2.37. The van der Waals surface area contributed by atoms with Gasteiger partial charge < -0.3 is 10.4 Å². The number of benzene rings is 1. The summed E-state index contributed by atoms with van der Waals surface area (Å²) < 4.78 is 0. The van der Waals surface area contributed by atoms with Gasteiger partial charge in [0.05, 0.1) is 6.10 Å². The molecule has 0 aliphatic rings. The fraction of sp³-hybridized carbons (Fsp3) is 0.455. The zero-order valence-corrected chi connectivity index (χ0v) is 8.20. The Morgan fingerprint density at radius 2 is 1.92 bits per heavy atom. The average Bonchev–Trinajstić information content (AvgIpc) is 2.15. The van der Waals surface area contributed by atoms with Crippen molar-refractivity contribution >= 4 is 0 Å². The summed E-state index contributed by atoms with van der Waals surface area (Å²) >= 11 is 0. The lowest BCUT2D eigenvalue weighted by Gasteiger charge is -2.18. The third kappa shape index (κ3) is 3.17. The molecule has 2 unspecified atom stereocenters. The van der Waals surface area contributed by atoms with E-state index in [0.717, 1.165) is 6.42 Å². The van der Waals surface area contributed by atoms with Crippen LogP contribution in [0.25, 0.3) is 0 Å². The van der Waals surface area contributed by atoms with Crippen LogP contribution in [0, 0.1) is 0 Å². The number of likely N-dealkylation sites (N-methyl/N-ethyl adjacent to an activating group) is 1. The van der Waals surface area contributed by atoms with Gasteiger partial charge in [0.1, 0.15) is 0 Å². The first-order chi connectivity index (χ1) is 6.24. The molecule has 0 spiro atoms. The third-order valence-corrected chi connectivity index (χ3v) is 2.25. The maximum Gasteiger partial charge on any atom is 0.0668 e. The van der Waals surface area contributed by atoms with Crippen LogP contribution in [0.2, 0.25) is 0 Å². The van der Waals surface area contributed by atoms with Crippen molar-refractivity contribution in [3.05, 3.63) is 35.9 Å². The normalized spacial score (nSPS) is 15.3. The Bertz CT molecular complexity index is 233. The van der Waals surface area contributed by atoms with E-state index in [9.17, 15) is 5.11 Å². The van der Waals surface area contributed by atoms with Crippen LogP contribution in [0.15, 0.2) is 30.3 Å². The molecule has 0 aliphatic heterocycles. The fourth-order valence-electron chi connectivity index (χ4n) is 1.38. The minimum atomic E-state index is -0.315. The summed E-state index contributed by atoms with van der Waals surface area (Å²) in [4.78, 5) is 0. The van der Waals surface area contributed by atoms with E-state index in [0.29, 0.717) is 0 Å². The molecule has 13 heavy (non-hydrogen) atoms. The maximum atomic E-state index is 9.41. The van der Waals surface area contributed by atoms with Crippen molar-refractivity contribution < 1.29 is 5.11 Å². The van der Waals surface area contributed by atoms with Crippen LogP contribution < -0.4 is 5.32 Å². The van der Waals surface area contributed by atoms with Gasteiger partial charge in [0.2, 0.25) is 0 Å². The Kier molecular flexibility index (Phi) is 3.93. The SMILES string of the molecule is CNC(Cc1ccccc1)C(C)O. The third-order valence-electron chi connectivity index (χ3n) is 2.25. The zero-order chi connectivity index (χ0) is 9.68. The summed E-state index contributed by atoms with van der Waals surface area (Å²) in [7, 11) is 1.88. The zero-order valence-electron chi connectivity index (χ0n) is 8.20. The summed E-state index contributed by atoms with van der Waals surface area (Å²) in [6, 6.07) is 10.3. The number of hydrogen-bond donors (Lipinski definition) is 2. The van der Waals surface area contributed by atoms with E-state index >= 15 is 0 Å². The van der Waals surface area contributed by atoms with Crippen molar-refractivity contribution in [3.63, 3.8) is 0 Å². The number of aliphatic hydroxyl groups is 1. The molecule has 2 atom stereocenters. The van der Waals surface area contributed by atoms with Gasteiger partial charge >= 0.3 is 0 Å². The highest BCUT2D eigenvalue weighted by Crippen LogP contribution is 2.05. The van der Waals surface area contributed by atoms with Crippen molar-refractivity contribution in [3.8, 4) is 0 Å². The molecule has 1 rings (SSSR count). The van der Waals surface area contributed by atoms with E-state index in [1.165, 1.54) is 5.56 Å². The van der Waals surface area contributed by atoms with E-state index in [4.69, 9.17) is 0 Å². The van der Waals surface area contributed by atoms with Crippen molar-refractivity contribution in [2.45, 2.75) is 25.5 Å². The van der Waals surface area contributed by atoms with E-state index in [2.05, 4.69) is 17.4 Å². The number of rotatable bonds is 4. The maximum absolute atomic E-state index is 9.41. The fourth-order valence-corrected chi connectivity index (χ4v) is 1.38. The average molecular weight is 179 g/mol. The van der Waals surface area contributed by atoms with Crippen LogP contribution in [0.5, 0.6) is 0 Å². The van der Waals surface area contributed by atoms with E-state index < -0.39 is 0 Å². The largest absolute Gasteiger partial charge is 0.392 e. The molecule has 72 valence electrons. The van der Waals surface area contributed by atoms with Crippen molar-refractivity contribution in [2.75, 3.05) is 7.05 Å². The lowest BCUT2D eigenvalue weighted by molar-refractivity contribution is 0.149. The molecule has 0 aliphatic carbocycles. The van der Waals surface area contributed by atoms with Gasteiger partial charge in [0.25, 0.3) is 0 Å². The minimum Gasteiger partial charge on any atom is -0.392 e. The van der Waals surface area contributed by atoms with Crippen LogP contribution in [0.4, 0.5) is 0 Å². The quantitative estimate of drug-likeness (QED) is 0.728. The van der Waals surface area contributed by atoms with Crippen LogP contribution in [0.3, 0.4) is 0 Å². The number of aliphatic hydroxyl groups excluding tert-OH is 1. The number of nitrogens with one attached hydrogen (secondary N) is 1. The van der Waals surface area contributed by atoms with E-state index in [-0.39, 0.29) is 12.1 Å². The molecule has 2 N–H and O–H groups in total. The Morgan fingerprint density at radius 3 is 2.38 bits per heavy atom. The van der Waals surface area contributed by atoms with Crippen LogP contribution in [0.1, 0.15) is 12.5 Å². The van der Waals surface area contributed by atoms with Gasteiger partial charge in [-0.1, -0.05) is 30.3 Å². The molecule has 2 heteroatoms. The Morgan fingerprint density at radius 1 is 1.31 bits per heavy atom. The van der Waals surface area contributed by atoms with Crippen LogP contribution in [-0.2, 0) is 6.42 Å². The van der Waals surface area contributed by atoms with Gasteiger partial charge in [-0.2, -0.15) is 0 Å². The topological polar surface area (TPSA) is 32.3 Å². The first kappa shape index (κ1) is 10.2. The van der Waals surface area contributed by atoms with Gasteiger partial charge in [-0.3, -0.25) is 0 Å². The highest BCUT2D eigenvalue weighted by molar-refractivity contribution is 5.16. The monoisotopic (exact) mass is 179 g/mol. The first-order valence-electron chi connectivity index (χ1n) is 4.63. The minimum absolute atomic E-state index is 0.141. The molecule has 0 bridgehead atoms. The predicted molar refractivity (Wildman–Crippen MR) is 54.7 cm³/mol. The Hall–Kier alpha value is -0.860. The summed E-state index contributed by atoms with van der Waals surface area (Å²) in [6.45, 7) is 1.81. The van der Waals surface area contributed by atoms with Gasteiger partial charge in [-0.05, 0) is 26.0 Å². The molecule has 0 saturated heterocycles. The first-order valence-corrected chi connectivity index (χ1v) is 4.63. The second-order valence-corrected chi connectivity index (χ2v) is 3.33. The molecule has 0 aromatic heterocycles. The van der Waals surface area contributed by atoms with Gasteiger partial charge in [-0.15, -0.1) is 0 Å². The van der Waals surface area contributed by atoms with Gasteiger partial charge in [0, 0.05) is 6.04 Å². The second-order valence-electron chi connectivity index (χ2n) is 3.33. The standard InChI is InChI=1S/C11H17NO/c1-9(13)11(12-2)8-10-6-4-3-5-7-10/h3-7,9,11-13H,8H2,1-2H3. The molecule has 0 fully saturated rings. The van der Waals surface area contributed by atoms with Crippen LogP contribution in [-0.4, -0.2) is 24.3 Å². The molecule has 0 saturated carbocycles. The molecule has 0 amide bonds. The van der Waals surface area contributed by atoms with Crippen molar-refractivity contribution in [1.29, 1.82) is 0 Å². The summed E-state index contributed by atoms with van der Waals surface area (Å²) in [5.41, 5.74) is 1.25. The van der Waals surface area contributed by atoms with Crippen LogP contribution >= 0.6 is 0 Å². The second kappa shape index (κ2) is 5.00. The number of hydrogen-bond acceptors (Lipinski definition) is 2. The van der Waals surface area contributed by atoms with Gasteiger partial charge in [-0.25, -0.2) is 0 Å². The van der Waals surface area contributed by atoms with E-state index in [1.54, 1.807) is 0 Å². The molecule has 1 aromatic rings. The molecule has 0 heterocycles. The molecule has 1 aromatic carbocycles. The smallest absolute Gasteiger partial charge is 0.0668 e. The van der Waals surface area contributed by atoms with Crippen molar-refractivity contribution in [2.24, 2.45) is 0 Å². The molecule has 0 radical (unpaired) electrons. The molecule has 2 nitrogen and oxygen atoms in total. The summed E-state index contributed by atoms with van der Waals surface area (Å²) in [5, 5.41) is 12.5. The summed E-state index contributed by atoms with van der Waals surface area (Å²) in [5.74, 6) is 0. The lowest BCUT2D eigenvalue weighted by atomic mass is 10.0. The van der Waals surface area contributed by atoms with E-state index in [1.807, 2.05) is 32.2 Å². The van der Waals surface area contributed by atoms with Gasteiger partial charge in [0.15, 0.2) is 0 Å². The Labute approximate surface area is 79.6 Å². The highest BCUT2D eigenvalue weighted by Gasteiger charge is 2.12. The Balaban J connectivity index is 2.57. The molecular weight excluding hydrogens is 162 g/mol. The molecular formula is C11H17NO. The van der Waals surface area contributed by atoms with Crippen molar-refractivity contribution in [1.82, 2.24) is 5.32 Å². The summed E-state index contributed by atoms with van der Waals surface area (Å²) in [6.07, 6.45) is 0.555. The predicted octanol–water partition coefficient (Wildman–Crippen LogP) is 1.20.